The second-order valence-electron chi connectivity index (χ2n) is 6.09. The molecule has 7 nitrogen and oxygen atoms in total. The predicted octanol–water partition coefficient (Wildman–Crippen LogP) is 2.76. The van der Waals surface area contributed by atoms with Gasteiger partial charge in [0, 0.05) is 51.5 Å². The zero-order chi connectivity index (χ0) is 19.0. The highest BCUT2D eigenvalue weighted by Gasteiger charge is 2.39. The van der Waals surface area contributed by atoms with E-state index in [1.807, 2.05) is 0 Å². The van der Waals surface area contributed by atoms with Crippen molar-refractivity contribution in [3.8, 4) is 12.3 Å². The Morgan fingerprint density at radius 2 is 1.96 bits per heavy atom. The minimum Gasteiger partial charge on any atom is -0.344 e. The molecule has 8 heteroatoms. The number of rotatable bonds is 9. The Balaban J connectivity index is 1.62. The van der Waals surface area contributed by atoms with Gasteiger partial charge in [0.15, 0.2) is 5.66 Å². The van der Waals surface area contributed by atoms with Gasteiger partial charge in [-0.15, -0.1) is 12.3 Å². The Bertz CT molecular complexity index is 705. The molecule has 0 bridgehead atoms. The highest BCUT2D eigenvalue weighted by molar-refractivity contribution is 5.89. The van der Waals surface area contributed by atoms with Crippen LogP contribution in [0.5, 0.6) is 0 Å². The van der Waals surface area contributed by atoms with Gasteiger partial charge < -0.3 is 15.5 Å². The molecule has 0 fully saturated rings. The summed E-state index contributed by atoms with van der Waals surface area (Å²) in [5, 5.41) is 13.2. The van der Waals surface area contributed by atoms with Crippen LogP contribution in [0.25, 0.3) is 0 Å². The monoisotopic (exact) mass is 359 g/mol. The lowest BCUT2D eigenvalue weighted by atomic mass is 10.0. The number of terminal acetylenes is 1. The molecule has 3 amide bonds. The molecule has 26 heavy (non-hydrogen) atoms. The number of nitrogens with zero attached hydrogens (tertiary/aromatic N) is 3. The smallest absolute Gasteiger partial charge is 0.319 e. The average Bonchev–Trinajstić information content (AvgIpc) is 3.40. The number of hydrogen-bond acceptors (Lipinski definition) is 4. The third-order valence-corrected chi connectivity index (χ3v) is 4.05. The summed E-state index contributed by atoms with van der Waals surface area (Å²) in [6, 6.07) is 5.04. The Labute approximate surface area is 152 Å². The van der Waals surface area contributed by atoms with E-state index in [4.69, 9.17) is 6.42 Å². The summed E-state index contributed by atoms with van der Waals surface area (Å²) in [4.78, 5) is 25.4. The van der Waals surface area contributed by atoms with Crippen LogP contribution < -0.4 is 10.6 Å². The van der Waals surface area contributed by atoms with Crippen molar-refractivity contribution in [3.63, 3.8) is 0 Å². The van der Waals surface area contributed by atoms with Crippen molar-refractivity contribution in [3.05, 3.63) is 30.1 Å². The summed E-state index contributed by atoms with van der Waals surface area (Å²) >= 11 is 0. The molecule has 1 heterocycles. The molecule has 1 aromatic carbocycles. The number of hydrogen-bond donors (Lipinski definition) is 2. The molecule has 0 unspecified atom stereocenters. The van der Waals surface area contributed by atoms with Crippen LogP contribution in [-0.2, 0) is 4.79 Å². The SMILES string of the molecule is C#CCCC1(CCC(=O)N(C)CCNC(=O)Nc2ccc(F)cc2)N=N1. The largest absolute Gasteiger partial charge is 0.344 e. The zero-order valence-corrected chi connectivity index (χ0v) is 14.7. The number of anilines is 1. The van der Waals surface area contributed by atoms with E-state index in [0.29, 0.717) is 44.5 Å². The second-order valence-corrected chi connectivity index (χ2v) is 6.09. The second kappa shape index (κ2) is 8.94. The standard InChI is InChI=1S/C18H22FN5O2/c1-3-4-10-18(22-23-18)11-9-16(25)24(2)13-12-20-17(26)21-15-7-5-14(19)6-8-15/h1,5-8H,4,9-13H2,2H3,(H2,20,21,26). The number of likely N-dealkylation sites (N-methyl/N-ethyl adjacent to an activating group) is 1. The molecule has 0 aliphatic carbocycles. The van der Waals surface area contributed by atoms with E-state index in [0.717, 1.165) is 0 Å². The molecule has 1 aliphatic heterocycles. The zero-order valence-electron chi connectivity index (χ0n) is 14.7. The van der Waals surface area contributed by atoms with Crippen molar-refractivity contribution in [1.29, 1.82) is 0 Å². The van der Waals surface area contributed by atoms with Crippen molar-refractivity contribution < 1.29 is 14.0 Å². The lowest BCUT2D eigenvalue weighted by Crippen LogP contribution is -2.38. The van der Waals surface area contributed by atoms with Crippen LogP contribution >= 0.6 is 0 Å². The van der Waals surface area contributed by atoms with E-state index in [1.165, 1.54) is 24.3 Å². The average molecular weight is 359 g/mol. The van der Waals surface area contributed by atoms with Crippen LogP contribution in [0.15, 0.2) is 34.5 Å². The molecule has 0 saturated carbocycles. The lowest BCUT2D eigenvalue weighted by Gasteiger charge is -2.18. The molecular weight excluding hydrogens is 337 g/mol. The van der Waals surface area contributed by atoms with Crippen molar-refractivity contribution in [2.75, 3.05) is 25.5 Å². The fourth-order valence-corrected chi connectivity index (χ4v) is 2.34. The molecule has 1 aromatic rings. The van der Waals surface area contributed by atoms with Gasteiger partial charge >= 0.3 is 6.03 Å². The first-order valence-electron chi connectivity index (χ1n) is 8.36. The maximum atomic E-state index is 12.8. The van der Waals surface area contributed by atoms with E-state index >= 15 is 0 Å². The lowest BCUT2D eigenvalue weighted by molar-refractivity contribution is -0.130. The van der Waals surface area contributed by atoms with Gasteiger partial charge in [0.05, 0.1) is 0 Å². The summed E-state index contributed by atoms with van der Waals surface area (Å²) in [7, 11) is 1.68. The maximum Gasteiger partial charge on any atom is 0.319 e. The van der Waals surface area contributed by atoms with Crippen LogP contribution in [0.4, 0.5) is 14.9 Å². The molecule has 0 saturated heterocycles. The minimum absolute atomic E-state index is 0.0388. The van der Waals surface area contributed by atoms with Crippen LogP contribution in [0.3, 0.4) is 0 Å². The van der Waals surface area contributed by atoms with E-state index in [1.54, 1.807) is 11.9 Å². The Hall–Kier alpha value is -2.95. The van der Waals surface area contributed by atoms with Gasteiger partial charge in [0.2, 0.25) is 5.91 Å². The summed E-state index contributed by atoms with van der Waals surface area (Å²) < 4.78 is 12.8. The van der Waals surface area contributed by atoms with Crippen LogP contribution in [0, 0.1) is 18.2 Å². The molecule has 0 radical (unpaired) electrons. The number of benzene rings is 1. The van der Waals surface area contributed by atoms with Gasteiger partial charge in [0.25, 0.3) is 0 Å². The maximum absolute atomic E-state index is 12.8. The normalized spacial score (nSPS) is 13.6. The molecule has 0 spiro atoms. The number of amides is 3. The van der Waals surface area contributed by atoms with Crippen molar-refractivity contribution >= 4 is 17.6 Å². The topological polar surface area (TPSA) is 86.2 Å². The Kier molecular flexibility index (Phi) is 6.67. The number of halogens is 1. The predicted molar refractivity (Wildman–Crippen MR) is 95.9 cm³/mol. The van der Waals surface area contributed by atoms with Crippen LogP contribution in [-0.4, -0.2) is 42.6 Å². The first-order valence-corrected chi connectivity index (χ1v) is 8.36. The summed E-state index contributed by atoms with van der Waals surface area (Å²) in [5.74, 6) is 2.14. The summed E-state index contributed by atoms with van der Waals surface area (Å²) in [6.45, 7) is 0.674. The Morgan fingerprint density at radius 1 is 1.27 bits per heavy atom. The van der Waals surface area contributed by atoms with E-state index < -0.39 is 11.7 Å². The first kappa shape index (κ1) is 19.4. The Morgan fingerprint density at radius 3 is 2.58 bits per heavy atom. The van der Waals surface area contributed by atoms with Gasteiger partial charge in [-0.3, -0.25) is 4.79 Å². The highest BCUT2D eigenvalue weighted by atomic mass is 19.1. The van der Waals surface area contributed by atoms with Crippen molar-refractivity contribution in [2.45, 2.75) is 31.3 Å². The number of carbonyl (C=O) groups excluding carboxylic acids is 2. The number of carbonyl (C=O) groups is 2. The van der Waals surface area contributed by atoms with Crippen LogP contribution in [0.2, 0.25) is 0 Å². The van der Waals surface area contributed by atoms with Gasteiger partial charge in [-0.2, -0.15) is 10.2 Å². The van der Waals surface area contributed by atoms with Gasteiger partial charge in [0.1, 0.15) is 5.82 Å². The third-order valence-electron chi connectivity index (χ3n) is 4.05. The highest BCUT2D eigenvalue weighted by Crippen LogP contribution is 2.37. The summed E-state index contributed by atoms with van der Waals surface area (Å²) in [5.41, 5.74) is 0.0263. The van der Waals surface area contributed by atoms with Gasteiger partial charge in [-0.1, -0.05) is 0 Å². The van der Waals surface area contributed by atoms with Gasteiger partial charge in [-0.25, -0.2) is 9.18 Å². The van der Waals surface area contributed by atoms with Crippen LogP contribution in [0.1, 0.15) is 25.7 Å². The molecule has 2 rings (SSSR count). The minimum atomic E-state index is -0.462. The molecule has 2 N–H and O–H groups in total. The summed E-state index contributed by atoms with van der Waals surface area (Å²) in [6.07, 6.45) is 7.38. The van der Waals surface area contributed by atoms with E-state index in [9.17, 15) is 14.0 Å². The molecule has 0 atom stereocenters. The number of nitrogens with one attached hydrogen (secondary N) is 2. The number of urea groups is 1. The molecule has 1 aliphatic rings. The quantitative estimate of drug-likeness (QED) is 0.664. The molecule has 0 aromatic heterocycles. The third kappa shape index (κ3) is 6.16. The van der Waals surface area contributed by atoms with E-state index in [-0.39, 0.29) is 11.7 Å². The van der Waals surface area contributed by atoms with Crippen molar-refractivity contribution in [2.24, 2.45) is 10.2 Å². The van der Waals surface area contributed by atoms with Crippen molar-refractivity contribution in [1.82, 2.24) is 10.2 Å². The van der Waals surface area contributed by atoms with E-state index in [2.05, 4.69) is 26.8 Å². The fraction of sp³-hybridized carbons (Fsp3) is 0.444. The molecule has 138 valence electrons. The first-order chi connectivity index (χ1) is 12.4. The van der Waals surface area contributed by atoms with Gasteiger partial charge in [-0.05, 0) is 24.3 Å². The molecular formula is C18H22FN5O2. The fourth-order valence-electron chi connectivity index (χ4n) is 2.34.